The van der Waals surface area contributed by atoms with Crippen molar-refractivity contribution in [1.82, 2.24) is 39.7 Å². The van der Waals surface area contributed by atoms with Crippen LogP contribution in [-0.4, -0.2) is 82.1 Å². The van der Waals surface area contributed by atoms with Gasteiger partial charge in [0.15, 0.2) is 0 Å². The van der Waals surface area contributed by atoms with E-state index in [1.165, 1.54) is 55.0 Å². The molecule has 1 atom stereocenters. The van der Waals surface area contributed by atoms with E-state index >= 15 is 0 Å². The minimum absolute atomic E-state index is 0.107. The number of aromatic nitrogens is 6. The molecule has 0 radical (unpaired) electrons. The lowest BCUT2D eigenvalue weighted by Gasteiger charge is -2.27. The number of carbonyl (C=O) groups excluding carboxylic acids is 4. The van der Waals surface area contributed by atoms with Crippen molar-refractivity contribution < 1.29 is 50.3 Å². The monoisotopic (exact) mass is 924 g/mol. The molecule has 4 aromatic heterocycles. The molecule has 1 aliphatic heterocycles. The van der Waals surface area contributed by atoms with Crippen LogP contribution in [0.1, 0.15) is 75.4 Å². The fraction of sp³-hybridized carbons (Fsp3) is 0.349. The van der Waals surface area contributed by atoms with Crippen molar-refractivity contribution in [2.45, 2.75) is 90.7 Å². The van der Waals surface area contributed by atoms with Gasteiger partial charge in [-0.1, -0.05) is 36.4 Å². The number of alkyl halides is 6. The number of aromatic amines is 1. The molecule has 1 fully saturated rings. The highest BCUT2D eigenvalue weighted by atomic mass is 19.4. The normalized spacial score (nSPS) is 14.2. The lowest BCUT2D eigenvalue weighted by molar-refractivity contribution is -0.145. The minimum atomic E-state index is -4.59. The number of benzene rings is 2. The van der Waals surface area contributed by atoms with Crippen molar-refractivity contribution in [3.63, 3.8) is 0 Å². The number of carbonyl (C=O) groups is 4. The third-order valence-electron chi connectivity index (χ3n) is 10.5. The molecule has 1 saturated heterocycles. The maximum absolute atomic E-state index is 13.4. The van der Waals surface area contributed by atoms with E-state index in [0.717, 1.165) is 41.2 Å². The zero-order chi connectivity index (χ0) is 48.1. The van der Waals surface area contributed by atoms with Crippen molar-refractivity contribution >= 4 is 68.4 Å². The van der Waals surface area contributed by atoms with Gasteiger partial charge in [-0.3, -0.25) is 24.3 Å². The van der Waals surface area contributed by atoms with Gasteiger partial charge in [0.05, 0.1) is 57.4 Å². The minimum Gasteiger partial charge on any atom is -0.383 e. The van der Waals surface area contributed by atoms with E-state index in [9.17, 15) is 45.5 Å². The van der Waals surface area contributed by atoms with Crippen LogP contribution < -0.4 is 22.1 Å². The average molecular weight is 925 g/mol. The Morgan fingerprint density at radius 2 is 1.26 bits per heavy atom. The molecule has 2 aromatic carbocycles. The van der Waals surface area contributed by atoms with Gasteiger partial charge in [0.1, 0.15) is 23.4 Å². The lowest BCUT2D eigenvalue weighted by Crippen LogP contribution is -2.43. The number of fused-ring (bicyclic) bond motifs is 2. The molecule has 5 heterocycles. The summed E-state index contributed by atoms with van der Waals surface area (Å²) in [5.41, 5.74) is 10.8. The van der Waals surface area contributed by atoms with Crippen LogP contribution in [0.3, 0.4) is 0 Å². The van der Waals surface area contributed by atoms with E-state index in [-0.39, 0.29) is 53.5 Å². The number of halogens is 6. The van der Waals surface area contributed by atoms with E-state index < -0.39 is 59.2 Å². The molecule has 0 spiro atoms. The van der Waals surface area contributed by atoms with Crippen LogP contribution in [0.25, 0.3) is 21.8 Å². The third-order valence-corrected chi connectivity index (χ3v) is 10.5. The molecular formula is C43H46F6N12O5. The molecule has 0 saturated carbocycles. The van der Waals surface area contributed by atoms with Crippen molar-refractivity contribution in [3.05, 3.63) is 95.6 Å². The van der Waals surface area contributed by atoms with Gasteiger partial charge in [-0.15, -0.1) is 0 Å². The Morgan fingerprint density at radius 1 is 0.758 bits per heavy atom. The Morgan fingerprint density at radius 3 is 1.76 bits per heavy atom. The summed E-state index contributed by atoms with van der Waals surface area (Å²) >= 11 is 0. The average Bonchev–Trinajstić information content (AvgIpc) is 3.97. The van der Waals surface area contributed by atoms with Gasteiger partial charge in [-0.25, -0.2) is 14.6 Å². The zero-order valence-electron chi connectivity index (χ0n) is 36.0. The molecule has 4 amide bonds. The number of nitrogens with zero attached hydrogens (tertiary/aromatic N) is 7. The van der Waals surface area contributed by atoms with Crippen LogP contribution >= 0.6 is 0 Å². The van der Waals surface area contributed by atoms with Crippen molar-refractivity contribution in [2.75, 3.05) is 28.7 Å². The number of nitrogen functional groups attached to an aromatic ring is 2. The largest absolute Gasteiger partial charge is 0.416 e. The van der Waals surface area contributed by atoms with Crippen LogP contribution in [0, 0.1) is 0 Å². The summed E-state index contributed by atoms with van der Waals surface area (Å²) in [5, 5.41) is 16.9. The highest BCUT2D eigenvalue weighted by Crippen LogP contribution is 2.35. The van der Waals surface area contributed by atoms with E-state index in [1.807, 2.05) is 0 Å². The standard InChI is InChI=1S/C24H27F3N6O3.C19H19F3N6O2/c1-14(2)32(12-15-7-3-4-8-17(15)24(25,26)27)23(35)22(34)30-18-11-29-21(28)16-13-33(31-20(16)18)19-9-5-6-10-36-19;1-10(2)28(9-11-5-3-4-6-13(11)19(20,21)22)18(30)17(29)26-14-8-24-16(23)12-7-25-27-15(12)14/h3-4,7-8,11,13-14,19H,5-6,9-10,12H2,1-2H3,(H2,28,29)(H,30,34);3-8,10H,9H2,1-2H3,(H2,23,24)(H,25,27)(H,26,29). The molecule has 1 unspecified atom stereocenters. The van der Waals surface area contributed by atoms with Gasteiger partial charge in [0, 0.05) is 38.0 Å². The second-order valence-corrected chi connectivity index (χ2v) is 15.7. The lowest BCUT2D eigenvalue weighted by atomic mass is 10.1. The van der Waals surface area contributed by atoms with E-state index in [4.69, 9.17) is 16.2 Å². The summed E-state index contributed by atoms with van der Waals surface area (Å²) in [6.45, 7) is 6.31. The quantitative estimate of drug-likeness (QED) is 0.0729. The number of ether oxygens (including phenoxy) is 1. The first kappa shape index (κ1) is 48.2. The highest BCUT2D eigenvalue weighted by Gasteiger charge is 2.36. The molecule has 1 aliphatic rings. The molecule has 7 N–H and O–H groups in total. The molecule has 7 rings (SSSR count). The Bertz CT molecular complexity index is 2730. The summed E-state index contributed by atoms with van der Waals surface area (Å²) < 4.78 is 87.6. The maximum atomic E-state index is 13.4. The Hall–Kier alpha value is -7.30. The van der Waals surface area contributed by atoms with Crippen molar-refractivity contribution in [1.29, 1.82) is 0 Å². The van der Waals surface area contributed by atoms with Crippen molar-refractivity contribution in [2.24, 2.45) is 0 Å². The Labute approximate surface area is 372 Å². The number of rotatable bonds is 9. The second kappa shape index (κ2) is 19.8. The first-order valence-electron chi connectivity index (χ1n) is 20.5. The zero-order valence-corrected chi connectivity index (χ0v) is 36.0. The van der Waals surface area contributed by atoms with Crippen LogP contribution in [0.4, 0.5) is 49.4 Å². The number of H-pyrrole nitrogens is 1. The molecule has 23 heteroatoms. The Kier molecular flexibility index (Phi) is 14.5. The van der Waals surface area contributed by atoms with Gasteiger partial charge in [0.2, 0.25) is 0 Å². The fourth-order valence-electron chi connectivity index (χ4n) is 7.09. The predicted molar refractivity (Wildman–Crippen MR) is 231 cm³/mol. The van der Waals surface area contributed by atoms with Crippen LogP contribution in [0.15, 0.2) is 73.3 Å². The topological polar surface area (TPSA) is 232 Å². The number of nitrogens with two attached hydrogens (primary N) is 2. The van der Waals surface area contributed by atoms with E-state index in [0.29, 0.717) is 28.4 Å². The van der Waals surface area contributed by atoms with Gasteiger partial charge >= 0.3 is 36.0 Å². The van der Waals surface area contributed by atoms with Gasteiger partial charge < -0.3 is 36.6 Å². The molecule has 0 bridgehead atoms. The highest BCUT2D eigenvalue weighted by molar-refractivity contribution is 6.40. The first-order chi connectivity index (χ1) is 31.1. The summed E-state index contributed by atoms with van der Waals surface area (Å²) in [5.74, 6) is -3.62. The summed E-state index contributed by atoms with van der Waals surface area (Å²) in [4.78, 5) is 61.5. The maximum Gasteiger partial charge on any atom is 0.416 e. The number of amides is 4. The number of nitrogens with one attached hydrogen (secondary N) is 3. The third kappa shape index (κ3) is 11.0. The van der Waals surface area contributed by atoms with Gasteiger partial charge in [0.25, 0.3) is 0 Å². The SMILES string of the molecule is CC(C)N(Cc1ccccc1C(F)(F)F)C(=O)C(=O)Nc1cnc(N)c2cn(C3CCCCO3)nc12.CC(C)N(Cc1ccccc1C(F)(F)F)C(=O)C(=O)Nc1cnc(N)c2cn[nH]c12. The Balaban J connectivity index is 0.000000222. The number of anilines is 4. The fourth-order valence-corrected chi connectivity index (χ4v) is 7.09. The van der Waals surface area contributed by atoms with Crippen LogP contribution in [0.5, 0.6) is 0 Å². The first-order valence-corrected chi connectivity index (χ1v) is 20.5. The molecular weight excluding hydrogens is 879 g/mol. The number of hydrogen-bond donors (Lipinski definition) is 5. The smallest absolute Gasteiger partial charge is 0.383 e. The number of hydrogen-bond acceptors (Lipinski definition) is 11. The second-order valence-electron chi connectivity index (χ2n) is 15.7. The van der Waals surface area contributed by atoms with Gasteiger partial charge in [-0.2, -0.15) is 36.5 Å². The molecule has 0 aliphatic carbocycles. The molecule has 66 heavy (non-hydrogen) atoms. The number of pyridine rings is 2. The molecule has 6 aromatic rings. The van der Waals surface area contributed by atoms with E-state index in [2.05, 4.69) is 35.9 Å². The summed E-state index contributed by atoms with van der Waals surface area (Å²) in [6, 6.07) is 8.83. The molecule has 17 nitrogen and oxygen atoms in total. The van der Waals surface area contributed by atoms with Crippen molar-refractivity contribution in [3.8, 4) is 0 Å². The van der Waals surface area contributed by atoms with E-state index in [1.54, 1.807) is 38.6 Å². The molecule has 350 valence electrons. The van der Waals surface area contributed by atoms with Crippen LogP contribution in [0.2, 0.25) is 0 Å². The summed E-state index contributed by atoms with van der Waals surface area (Å²) in [7, 11) is 0. The van der Waals surface area contributed by atoms with Gasteiger partial charge in [-0.05, 0) is 70.2 Å². The summed E-state index contributed by atoms with van der Waals surface area (Å²) in [6.07, 6.45) is -1.08. The van der Waals surface area contributed by atoms with Crippen LogP contribution in [-0.2, 0) is 49.4 Å². The predicted octanol–water partition coefficient (Wildman–Crippen LogP) is 7.04.